The molecule has 0 fully saturated rings. The number of nitrogens with zero attached hydrogens (tertiary/aromatic N) is 2. The van der Waals surface area contributed by atoms with E-state index in [9.17, 15) is 26.8 Å². The van der Waals surface area contributed by atoms with E-state index >= 15 is 0 Å². The van der Waals surface area contributed by atoms with Crippen molar-refractivity contribution in [3.63, 3.8) is 0 Å². The first-order valence-electron chi connectivity index (χ1n) is 7.73. The number of hydrogen-bond donors (Lipinski definition) is 5. The van der Waals surface area contributed by atoms with Gasteiger partial charge in [-0.2, -0.15) is 22.8 Å². The summed E-state index contributed by atoms with van der Waals surface area (Å²) in [5.41, 5.74) is 4.68. The Morgan fingerprint density at radius 1 is 1.28 bits per heavy atom. The zero-order valence-electron chi connectivity index (χ0n) is 14.4. The molecule has 1 aromatic heterocycles. The third-order valence-electron chi connectivity index (χ3n) is 3.39. The van der Waals surface area contributed by atoms with Gasteiger partial charge in [0.05, 0.1) is 18.6 Å². The van der Waals surface area contributed by atoms with E-state index in [0.29, 0.717) is 0 Å². The molecule has 2 aromatic rings. The minimum absolute atomic E-state index is 0.384. The van der Waals surface area contributed by atoms with Crippen LogP contribution in [0.3, 0.4) is 0 Å². The molecule has 0 bridgehead atoms. The molecule has 0 unspecified atom stereocenters. The Morgan fingerprint density at radius 2 is 1.97 bits per heavy atom. The highest BCUT2D eigenvalue weighted by atomic mass is 32.2. The Morgan fingerprint density at radius 3 is 2.55 bits per heavy atom. The van der Waals surface area contributed by atoms with Crippen molar-refractivity contribution in [3.05, 3.63) is 35.7 Å². The minimum Gasteiger partial charge on any atom is -0.480 e. The number of aromatic nitrogens is 2. The van der Waals surface area contributed by atoms with Crippen LogP contribution >= 0.6 is 0 Å². The number of carboxylic acids is 1. The highest BCUT2D eigenvalue weighted by molar-refractivity contribution is 7.87. The molecule has 0 aliphatic carbocycles. The predicted octanol–water partition coefficient (Wildman–Crippen LogP) is -1.20. The highest BCUT2D eigenvalue weighted by Crippen LogP contribution is 2.24. The number of carbonyl (C=O) groups is 2. The van der Waals surface area contributed by atoms with E-state index in [2.05, 4.69) is 10.1 Å². The zero-order valence-corrected chi connectivity index (χ0v) is 15.2. The van der Waals surface area contributed by atoms with Crippen molar-refractivity contribution in [2.24, 2.45) is 5.73 Å². The number of aliphatic hydroxyl groups excluding tert-OH is 1. The second-order valence-corrected chi connectivity index (χ2v) is 7.09. The monoisotopic (exact) mass is 435 g/mol. The molecule has 12 nitrogen and oxygen atoms in total. The van der Waals surface area contributed by atoms with Gasteiger partial charge in [0.1, 0.15) is 23.7 Å². The lowest BCUT2D eigenvalue weighted by Crippen LogP contribution is -2.49. The maximum absolute atomic E-state index is 13.8. The van der Waals surface area contributed by atoms with E-state index < -0.39 is 70.5 Å². The normalized spacial score (nSPS) is 13.8. The number of hydrogen-bond acceptors (Lipinski definition) is 8. The molecule has 0 aliphatic rings. The van der Waals surface area contributed by atoms with E-state index in [4.69, 9.17) is 20.5 Å². The lowest BCUT2D eigenvalue weighted by Gasteiger charge is -2.16. The molecule has 6 N–H and O–H groups in total. The number of carboxylic acid groups (broad SMARTS) is 1. The number of nitrogens with two attached hydrogens (primary N) is 1. The fourth-order valence-corrected chi connectivity index (χ4v) is 3.29. The number of aliphatic hydroxyl groups is 1. The first-order chi connectivity index (χ1) is 13.5. The molecule has 1 heterocycles. The van der Waals surface area contributed by atoms with Gasteiger partial charge in [-0.1, -0.05) is 5.16 Å². The van der Waals surface area contributed by atoms with Gasteiger partial charge in [0.25, 0.3) is 10.2 Å². The molecule has 29 heavy (non-hydrogen) atoms. The predicted molar refractivity (Wildman–Crippen MR) is 89.9 cm³/mol. The van der Waals surface area contributed by atoms with Crippen LogP contribution in [0.2, 0.25) is 0 Å². The summed E-state index contributed by atoms with van der Waals surface area (Å²) in [7, 11) is -4.61. The van der Waals surface area contributed by atoms with E-state index in [1.165, 1.54) is 0 Å². The number of aliphatic carboxylic acids is 1. The van der Waals surface area contributed by atoms with Crippen molar-refractivity contribution in [1.82, 2.24) is 19.6 Å². The summed E-state index contributed by atoms with van der Waals surface area (Å²) < 4.78 is 59.7. The molecule has 0 radical (unpaired) electrons. The van der Waals surface area contributed by atoms with Gasteiger partial charge in [0.15, 0.2) is 0 Å². The fraction of sp³-hybridized carbons (Fsp3) is 0.286. The molecule has 1 amide bonds. The minimum atomic E-state index is -4.61. The third-order valence-corrected chi connectivity index (χ3v) is 4.58. The van der Waals surface area contributed by atoms with Crippen LogP contribution in [0.15, 0.2) is 22.7 Å². The van der Waals surface area contributed by atoms with Crippen molar-refractivity contribution in [3.8, 4) is 11.4 Å². The van der Waals surface area contributed by atoms with Gasteiger partial charge in [-0.05, 0) is 18.2 Å². The van der Waals surface area contributed by atoms with Crippen LogP contribution in [-0.2, 0) is 19.8 Å². The summed E-state index contributed by atoms with van der Waals surface area (Å²) in [6, 6.07) is -0.986. The van der Waals surface area contributed by atoms with Crippen LogP contribution in [0, 0.1) is 11.6 Å². The standard InChI is InChI=1S/C14H15F2N5O7S/c15-6-1-2-8(16)7(3-6)12-18-13(28-19-12)9(4-11(17)23)20-29(26,27)21-10(5-22)14(24)25/h1-3,9-10,20-22H,4-5H2,(H2,17,23)(H,24,25)/t9-,10-/m0/s1. The molecule has 0 saturated carbocycles. The van der Waals surface area contributed by atoms with E-state index in [1.807, 2.05) is 4.72 Å². The molecule has 2 rings (SSSR count). The lowest BCUT2D eigenvalue weighted by molar-refractivity contribution is -0.139. The van der Waals surface area contributed by atoms with E-state index in [0.717, 1.165) is 18.2 Å². The lowest BCUT2D eigenvalue weighted by atomic mass is 10.2. The first kappa shape index (κ1) is 22.3. The van der Waals surface area contributed by atoms with E-state index in [-0.39, 0.29) is 5.56 Å². The van der Waals surface area contributed by atoms with Crippen molar-refractivity contribution < 1.29 is 41.5 Å². The summed E-state index contributed by atoms with van der Waals surface area (Å²) >= 11 is 0. The highest BCUT2D eigenvalue weighted by Gasteiger charge is 2.30. The molecule has 15 heteroatoms. The molecule has 0 spiro atoms. The maximum atomic E-state index is 13.8. The summed E-state index contributed by atoms with van der Waals surface area (Å²) in [4.78, 5) is 25.9. The Kier molecular flexibility index (Phi) is 6.91. The number of rotatable bonds is 10. The molecule has 158 valence electrons. The zero-order chi connectivity index (χ0) is 21.8. The van der Waals surface area contributed by atoms with Crippen LogP contribution in [0.1, 0.15) is 18.4 Å². The molecule has 1 aromatic carbocycles. The van der Waals surface area contributed by atoms with E-state index in [1.54, 1.807) is 4.72 Å². The van der Waals surface area contributed by atoms with Gasteiger partial charge < -0.3 is 20.5 Å². The third kappa shape index (κ3) is 5.98. The van der Waals surface area contributed by atoms with Crippen LogP contribution in [0.25, 0.3) is 11.4 Å². The second kappa shape index (κ2) is 8.99. The number of carbonyl (C=O) groups excluding carboxylic acids is 1. The van der Waals surface area contributed by atoms with Crippen LogP contribution in [-0.4, -0.2) is 53.3 Å². The van der Waals surface area contributed by atoms with Gasteiger partial charge in [0, 0.05) is 0 Å². The van der Waals surface area contributed by atoms with Crippen molar-refractivity contribution in [2.75, 3.05) is 6.61 Å². The summed E-state index contributed by atoms with van der Waals surface area (Å²) in [6.45, 7) is -1.06. The molecule has 0 saturated heterocycles. The van der Waals surface area contributed by atoms with Crippen LogP contribution in [0.5, 0.6) is 0 Å². The van der Waals surface area contributed by atoms with Crippen LogP contribution < -0.4 is 15.2 Å². The molecular formula is C14H15F2N5O7S. The van der Waals surface area contributed by atoms with Crippen molar-refractivity contribution in [2.45, 2.75) is 18.5 Å². The number of amides is 1. The Balaban J connectivity index is 2.31. The SMILES string of the molecule is NC(=O)C[C@H](NS(=O)(=O)N[C@@H](CO)C(=O)O)c1nc(-c2cc(F)ccc2F)no1. The fourth-order valence-electron chi connectivity index (χ4n) is 2.11. The smallest absolute Gasteiger partial charge is 0.324 e. The van der Waals surface area contributed by atoms with Gasteiger partial charge in [-0.3, -0.25) is 9.59 Å². The summed E-state index contributed by atoms with van der Waals surface area (Å²) in [6.07, 6.45) is -0.689. The average molecular weight is 435 g/mol. The topological polar surface area (TPSA) is 198 Å². The van der Waals surface area contributed by atoms with Gasteiger partial charge in [-0.25, -0.2) is 8.78 Å². The summed E-state index contributed by atoms with van der Waals surface area (Å²) in [5.74, 6) is -5.30. The molecule has 0 aliphatic heterocycles. The second-order valence-electron chi connectivity index (χ2n) is 5.62. The Bertz CT molecular complexity index is 1010. The number of primary amides is 1. The Hall–Kier alpha value is -3.01. The van der Waals surface area contributed by atoms with Crippen molar-refractivity contribution >= 4 is 22.1 Å². The van der Waals surface area contributed by atoms with Gasteiger partial charge in [-0.15, -0.1) is 0 Å². The number of benzene rings is 1. The Labute approximate surface area is 161 Å². The summed E-state index contributed by atoms with van der Waals surface area (Å²) in [5, 5.41) is 21.2. The molecule has 2 atom stereocenters. The van der Waals surface area contributed by atoms with Gasteiger partial charge in [0.2, 0.25) is 17.6 Å². The van der Waals surface area contributed by atoms with Gasteiger partial charge >= 0.3 is 5.97 Å². The number of halogens is 2. The molecular weight excluding hydrogens is 420 g/mol. The van der Waals surface area contributed by atoms with Crippen LogP contribution in [0.4, 0.5) is 8.78 Å². The average Bonchev–Trinajstić information content (AvgIpc) is 3.10. The quantitative estimate of drug-likeness (QED) is 0.304. The van der Waals surface area contributed by atoms with Crippen molar-refractivity contribution in [1.29, 1.82) is 0 Å². The maximum Gasteiger partial charge on any atom is 0.324 e. The first-order valence-corrected chi connectivity index (χ1v) is 9.21. The number of nitrogens with one attached hydrogen (secondary N) is 2. The largest absolute Gasteiger partial charge is 0.480 e.